The van der Waals surface area contributed by atoms with Crippen molar-refractivity contribution in [1.29, 1.82) is 0 Å². The number of methoxy groups -OCH3 is 1. The fraction of sp³-hybridized carbons (Fsp3) is 0.857. The molecule has 58 valence electrons. The van der Waals surface area contributed by atoms with Gasteiger partial charge in [-0.05, 0) is 18.3 Å². The van der Waals surface area contributed by atoms with E-state index in [0.29, 0.717) is 0 Å². The van der Waals surface area contributed by atoms with Crippen molar-refractivity contribution in [3.63, 3.8) is 0 Å². The summed E-state index contributed by atoms with van der Waals surface area (Å²) in [6, 6.07) is 0. The first-order valence-corrected chi connectivity index (χ1v) is 3.76. The molecule has 0 spiro atoms. The van der Waals surface area contributed by atoms with Gasteiger partial charge in [-0.3, -0.25) is 4.79 Å². The first kappa shape index (κ1) is 7.86. The Morgan fingerprint density at radius 3 is 2.50 bits per heavy atom. The zero-order valence-corrected chi connectivity index (χ0v) is 6.94. The summed E-state index contributed by atoms with van der Waals surface area (Å²) >= 11 is 5.80. The molecule has 0 bridgehead atoms. The third kappa shape index (κ3) is 1.26. The fourth-order valence-electron chi connectivity index (χ4n) is 0.839. The van der Waals surface area contributed by atoms with Crippen molar-refractivity contribution >= 4 is 17.6 Å². The molecule has 0 aromatic heterocycles. The molecule has 0 aliphatic heterocycles. The van der Waals surface area contributed by atoms with Gasteiger partial charge < -0.3 is 4.74 Å². The zero-order chi connectivity index (χ0) is 7.78. The minimum Gasteiger partial charge on any atom is -0.468 e. The predicted octanol–water partition coefficient (Wildman–Crippen LogP) is 1.57. The summed E-state index contributed by atoms with van der Waals surface area (Å²) in [5.74, 6) is -0.304. The number of carbonyl (C=O) groups excluding carboxylic acids is 1. The van der Waals surface area contributed by atoms with E-state index in [-0.39, 0.29) is 11.4 Å². The number of hydrogen-bond acceptors (Lipinski definition) is 2. The molecule has 1 aliphatic rings. The predicted molar refractivity (Wildman–Crippen MR) is 39.0 cm³/mol. The molecule has 0 radical (unpaired) electrons. The van der Waals surface area contributed by atoms with E-state index in [1.165, 1.54) is 7.11 Å². The van der Waals surface area contributed by atoms with Crippen molar-refractivity contribution in [3.05, 3.63) is 0 Å². The van der Waals surface area contributed by atoms with Gasteiger partial charge in [0.2, 0.25) is 0 Å². The van der Waals surface area contributed by atoms with Crippen LogP contribution in [0, 0.1) is 5.41 Å². The second-order valence-corrected chi connectivity index (χ2v) is 3.48. The standard InChI is InChI=1S/C7H11ClO2/c1-7(3-4-7)5(8)6(9)10-2/h5H,3-4H2,1-2H3. The maximum Gasteiger partial charge on any atom is 0.324 e. The van der Waals surface area contributed by atoms with Gasteiger partial charge >= 0.3 is 5.97 Å². The molecular weight excluding hydrogens is 152 g/mol. The van der Waals surface area contributed by atoms with E-state index in [4.69, 9.17) is 11.6 Å². The Morgan fingerprint density at radius 1 is 1.70 bits per heavy atom. The lowest BCUT2D eigenvalue weighted by Crippen LogP contribution is -2.24. The third-order valence-electron chi connectivity index (χ3n) is 2.06. The Morgan fingerprint density at radius 2 is 2.20 bits per heavy atom. The minimum absolute atomic E-state index is 0.0225. The SMILES string of the molecule is COC(=O)C(Cl)C1(C)CC1. The monoisotopic (exact) mass is 162 g/mol. The molecule has 1 fully saturated rings. The van der Waals surface area contributed by atoms with Crippen molar-refractivity contribution in [3.8, 4) is 0 Å². The summed E-state index contributed by atoms with van der Waals surface area (Å²) in [6.45, 7) is 2.00. The average molecular weight is 163 g/mol. The van der Waals surface area contributed by atoms with Crippen LogP contribution in [0.2, 0.25) is 0 Å². The van der Waals surface area contributed by atoms with Gasteiger partial charge in [0.15, 0.2) is 0 Å². The van der Waals surface area contributed by atoms with Crippen molar-refractivity contribution in [2.75, 3.05) is 7.11 Å². The van der Waals surface area contributed by atoms with E-state index in [2.05, 4.69) is 4.74 Å². The summed E-state index contributed by atoms with van der Waals surface area (Å²) in [5, 5.41) is -0.447. The Balaban J connectivity index is 2.48. The van der Waals surface area contributed by atoms with Crippen LogP contribution in [0.25, 0.3) is 0 Å². The maximum atomic E-state index is 10.8. The molecule has 1 aliphatic carbocycles. The van der Waals surface area contributed by atoms with Gasteiger partial charge in [-0.15, -0.1) is 11.6 Å². The second-order valence-electron chi connectivity index (χ2n) is 3.04. The Labute approximate surface area is 65.5 Å². The molecular formula is C7H11ClO2. The number of halogens is 1. The van der Waals surface area contributed by atoms with E-state index in [1.807, 2.05) is 6.92 Å². The molecule has 0 heterocycles. The topological polar surface area (TPSA) is 26.3 Å². The first-order chi connectivity index (χ1) is 4.60. The largest absolute Gasteiger partial charge is 0.468 e. The molecule has 2 nitrogen and oxygen atoms in total. The van der Waals surface area contributed by atoms with Gasteiger partial charge in [-0.1, -0.05) is 6.92 Å². The highest BCUT2D eigenvalue weighted by molar-refractivity contribution is 6.30. The highest BCUT2D eigenvalue weighted by Gasteiger charge is 2.48. The quantitative estimate of drug-likeness (QED) is 0.455. The molecule has 10 heavy (non-hydrogen) atoms. The van der Waals surface area contributed by atoms with Gasteiger partial charge in [0.25, 0.3) is 0 Å². The van der Waals surface area contributed by atoms with Crippen LogP contribution >= 0.6 is 11.6 Å². The van der Waals surface area contributed by atoms with Gasteiger partial charge in [0.05, 0.1) is 7.11 Å². The number of carbonyl (C=O) groups is 1. The maximum absolute atomic E-state index is 10.8. The van der Waals surface area contributed by atoms with Gasteiger partial charge in [0.1, 0.15) is 5.38 Å². The van der Waals surface area contributed by atoms with Crippen LogP contribution in [-0.2, 0) is 9.53 Å². The molecule has 0 saturated heterocycles. The van der Waals surface area contributed by atoms with Crippen molar-refractivity contribution < 1.29 is 9.53 Å². The highest BCUT2D eigenvalue weighted by atomic mass is 35.5. The van der Waals surface area contributed by atoms with E-state index in [1.54, 1.807) is 0 Å². The fourth-order valence-corrected chi connectivity index (χ4v) is 1.15. The van der Waals surface area contributed by atoms with E-state index >= 15 is 0 Å². The summed E-state index contributed by atoms with van der Waals surface area (Å²) < 4.78 is 4.51. The zero-order valence-electron chi connectivity index (χ0n) is 6.19. The van der Waals surface area contributed by atoms with Crippen LogP contribution in [0.4, 0.5) is 0 Å². The van der Waals surface area contributed by atoms with Crippen molar-refractivity contribution in [2.24, 2.45) is 5.41 Å². The Kier molecular flexibility index (Phi) is 1.90. The molecule has 0 N–H and O–H groups in total. The van der Waals surface area contributed by atoms with Gasteiger partial charge in [0, 0.05) is 0 Å². The number of rotatable bonds is 2. The summed E-state index contributed by atoms with van der Waals surface area (Å²) in [5.41, 5.74) is 0.0225. The van der Waals surface area contributed by atoms with Crippen molar-refractivity contribution in [2.45, 2.75) is 25.1 Å². The van der Waals surface area contributed by atoms with E-state index in [9.17, 15) is 4.79 Å². The molecule has 0 aromatic rings. The molecule has 1 rings (SSSR count). The summed E-state index contributed by atoms with van der Waals surface area (Å²) in [4.78, 5) is 10.8. The first-order valence-electron chi connectivity index (χ1n) is 3.32. The summed E-state index contributed by atoms with van der Waals surface area (Å²) in [7, 11) is 1.36. The normalized spacial score (nSPS) is 23.5. The van der Waals surface area contributed by atoms with Gasteiger partial charge in [-0.25, -0.2) is 0 Å². The van der Waals surface area contributed by atoms with E-state index in [0.717, 1.165) is 12.8 Å². The number of ether oxygens (including phenoxy) is 1. The summed E-state index contributed by atoms with van der Waals surface area (Å²) in [6.07, 6.45) is 2.08. The lowest BCUT2D eigenvalue weighted by Gasteiger charge is -2.12. The van der Waals surface area contributed by atoms with E-state index < -0.39 is 5.38 Å². The Hall–Kier alpha value is -0.240. The van der Waals surface area contributed by atoms with Crippen LogP contribution in [0.15, 0.2) is 0 Å². The molecule has 0 amide bonds. The smallest absolute Gasteiger partial charge is 0.324 e. The van der Waals surface area contributed by atoms with Crippen LogP contribution in [0.3, 0.4) is 0 Å². The lowest BCUT2D eigenvalue weighted by atomic mass is 10.1. The molecule has 0 aromatic carbocycles. The van der Waals surface area contributed by atoms with Crippen LogP contribution in [0.5, 0.6) is 0 Å². The highest BCUT2D eigenvalue weighted by Crippen LogP contribution is 2.50. The van der Waals surface area contributed by atoms with Crippen molar-refractivity contribution in [1.82, 2.24) is 0 Å². The molecule has 1 saturated carbocycles. The lowest BCUT2D eigenvalue weighted by molar-refractivity contribution is -0.141. The Bertz CT molecular complexity index is 152. The molecule has 1 unspecified atom stereocenters. The van der Waals surface area contributed by atoms with Gasteiger partial charge in [-0.2, -0.15) is 0 Å². The second kappa shape index (κ2) is 2.42. The number of hydrogen-bond donors (Lipinski definition) is 0. The minimum atomic E-state index is -0.447. The third-order valence-corrected chi connectivity index (χ3v) is 2.76. The molecule has 1 atom stereocenters. The molecule has 3 heteroatoms. The number of alkyl halides is 1. The number of esters is 1. The van der Waals surface area contributed by atoms with Crippen LogP contribution < -0.4 is 0 Å². The van der Waals surface area contributed by atoms with Crippen LogP contribution in [0.1, 0.15) is 19.8 Å². The van der Waals surface area contributed by atoms with Crippen LogP contribution in [-0.4, -0.2) is 18.5 Å². The average Bonchev–Trinajstić information content (AvgIpc) is 2.66.